The Labute approximate surface area is 120 Å². The highest BCUT2D eigenvalue weighted by Gasteiger charge is 2.02. The van der Waals surface area contributed by atoms with E-state index in [1.54, 1.807) is 6.92 Å². The lowest BCUT2D eigenvalue weighted by Crippen LogP contribution is -2.31. The normalized spacial score (nSPS) is 12.4. The molecule has 0 aromatic heterocycles. The zero-order chi connectivity index (χ0) is 14.1. The van der Waals surface area contributed by atoms with Crippen molar-refractivity contribution in [3.63, 3.8) is 0 Å². The number of rotatable bonds is 9. The summed E-state index contributed by atoms with van der Waals surface area (Å²) in [6.07, 6.45) is -0.301. The zero-order valence-corrected chi connectivity index (χ0v) is 12.3. The van der Waals surface area contributed by atoms with Crippen molar-refractivity contribution in [2.45, 2.75) is 26.5 Å². The van der Waals surface area contributed by atoms with Crippen LogP contribution < -0.4 is 15.4 Å². The van der Waals surface area contributed by atoms with Crippen LogP contribution >= 0.6 is 11.6 Å². The molecule has 0 unspecified atom stereocenters. The fourth-order valence-corrected chi connectivity index (χ4v) is 1.91. The molecule has 0 saturated carbocycles. The lowest BCUT2D eigenvalue weighted by molar-refractivity contribution is 0.191. The first-order chi connectivity index (χ1) is 9.13. The first-order valence-corrected chi connectivity index (χ1v) is 7.02. The third-order valence-corrected chi connectivity index (χ3v) is 2.84. The maximum atomic E-state index is 9.08. The van der Waals surface area contributed by atoms with E-state index in [1.165, 1.54) is 0 Å². The van der Waals surface area contributed by atoms with Crippen LogP contribution in [0.1, 0.15) is 19.4 Å². The Bertz CT molecular complexity index is 372. The molecule has 3 N–H and O–H groups in total. The summed E-state index contributed by atoms with van der Waals surface area (Å²) in [5.41, 5.74) is 1.13. The molecule has 108 valence electrons. The Morgan fingerprint density at radius 1 is 1.32 bits per heavy atom. The van der Waals surface area contributed by atoms with Crippen LogP contribution in [0.3, 0.4) is 0 Å². The summed E-state index contributed by atoms with van der Waals surface area (Å²) in [6, 6.07) is 5.82. The third kappa shape index (κ3) is 6.78. The van der Waals surface area contributed by atoms with Gasteiger partial charge >= 0.3 is 0 Å². The lowest BCUT2D eigenvalue weighted by atomic mass is 10.2. The van der Waals surface area contributed by atoms with Gasteiger partial charge in [0.2, 0.25) is 0 Å². The topological polar surface area (TPSA) is 53.5 Å². The summed E-state index contributed by atoms with van der Waals surface area (Å²) in [5, 5.41) is 16.2. The Morgan fingerprint density at radius 2 is 2.05 bits per heavy atom. The number of aliphatic hydroxyl groups is 1. The van der Waals surface area contributed by atoms with E-state index in [1.807, 2.05) is 25.1 Å². The average Bonchev–Trinajstić information content (AvgIpc) is 2.36. The van der Waals surface area contributed by atoms with Gasteiger partial charge in [-0.1, -0.05) is 17.7 Å². The average molecular weight is 287 g/mol. The summed E-state index contributed by atoms with van der Waals surface area (Å²) in [5.74, 6) is 0.728. The van der Waals surface area contributed by atoms with E-state index in [0.717, 1.165) is 30.9 Å². The molecule has 0 aliphatic rings. The molecule has 0 heterocycles. The van der Waals surface area contributed by atoms with E-state index < -0.39 is 0 Å². The standard InChI is InChI=1S/C14H23ClN2O2/c1-3-19-14-5-4-12(8-13(14)15)10-17-7-6-16-9-11(2)18/h4-5,8,11,16-18H,3,6-7,9-10H2,1-2H3/t11-/m0/s1. The number of nitrogens with one attached hydrogen (secondary N) is 2. The Hall–Kier alpha value is -0.810. The van der Waals surface area contributed by atoms with Gasteiger partial charge in [0.25, 0.3) is 0 Å². The number of aliphatic hydroxyl groups excluding tert-OH is 1. The largest absolute Gasteiger partial charge is 0.492 e. The second-order valence-corrected chi connectivity index (χ2v) is 4.83. The minimum atomic E-state index is -0.301. The fraction of sp³-hybridized carbons (Fsp3) is 0.571. The Morgan fingerprint density at radius 3 is 2.68 bits per heavy atom. The summed E-state index contributed by atoms with van der Waals surface area (Å²) in [4.78, 5) is 0. The van der Waals surface area contributed by atoms with E-state index in [9.17, 15) is 0 Å². The number of benzene rings is 1. The summed E-state index contributed by atoms with van der Waals surface area (Å²) >= 11 is 6.11. The smallest absolute Gasteiger partial charge is 0.137 e. The highest BCUT2D eigenvalue weighted by Crippen LogP contribution is 2.25. The van der Waals surface area contributed by atoms with Crippen LogP contribution in [-0.4, -0.2) is 37.5 Å². The fourth-order valence-electron chi connectivity index (χ4n) is 1.65. The monoisotopic (exact) mass is 286 g/mol. The predicted octanol–water partition coefficient (Wildman–Crippen LogP) is 1.80. The van der Waals surface area contributed by atoms with Crippen molar-refractivity contribution in [1.29, 1.82) is 0 Å². The van der Waals surface area contributed by atoms with Crippen LogP contribution in [0, 0.1) is 0 Å². The van der Waals surface area contributed by atoms with Gasteiger partial charge in [-0.3, -0.25) is 0 Å². The van der Waals surface area contributed by atoms with E-state index in [-0.39, 0.29) is 6.10 Å². The van der Waals surface area contributed by atoms with Crippen LogP contribution in [0.2, 0.25) is 5.02 Å². The number of hydrogen-bond donors (Lipinski definition) is 3. The van der Waals surface area contributed by atoms with Crippen LogP contribution in [0.4, 0.5) is 0 Å². The van der Waals surface area contributed by atoms with E-state index in [0.29, 0.717) is 18.2 Å². The molecule has 19 heavy (non-hydrogen) atoms. The molecular formula is C14H23ClN2O2. The molecule has 0 spiro atoms. The predicted molar refractivity (Wildman–Crippen MR) is 78.9 cm³/mol. The van der Waals surface area contributed by atoms with Crippen molar-refractivity contribution in [3.8, 4) is 5.75 Å². The first-order valence-electron chi connectivity index (χ1n) is 6.64. The summed E-state index contributed by atoms with van der Waals surface area (Å²) in [7, 11) is 0. The molecule has 0 radical (unpaired) electrons. The molecule has 1 aromatic rings. The van der Waals surface area contributed by atoms with Crippen molar-refractivity contribution in [2.75, 3.05) is 26.2 Å². The van der Waals surface area contributed by atoms with Gasteiger partial charge < -0.3 is 20.5 Å². The molecule has 0 fully saturated rings. The van der Waals surface area contributed by atoms with E-state index >= 15 is 0 Å². The highest BCUT2D eigenvalue weighted by molar-refractivity contribution is 6.32. The molecule has 1 rings (SSSR count). The van der Waals surface area contributed by atoms with Crippen molar-refractivity contribution in [1.82, 2.24) is 10.6 Å². The van der Waals surface area contributed by atoms with Gasteiger partial charge in [0.05, 0.1) is 17.7 Å². The molecule has 0 amide bonds. The molecule has 1 aromatic carbocycles. The van der Waals surface area contributed by atoms with Gasteiger partial charge in [-0.05, 0) is 31.5 Å². The molecule has 0 aliphatic carbocycles. The van der Waals surface area contributed by atoms with Gasteiger partial charge in [-0.2, -0.15) is 0 Å². The minimum absolute atomic E-state index is 0.301. The van der Waals surface area contributed by atoms with Gasteiger partial charge in [0.1, 0.15) is 5.75 Å². The SMILES string of the molecule is CCOc1ccc(CNCCNC[C@H](C)O)cc1Cl. The van der Waals surface area contributed by atoms with Gasteiger partial charge in [-0.25, -0.2) is 0 Å². The molecule has 1 atom stereocenters. The van der Waals surface area contributed by atoms with Crippen LogP contribution in [-0.2, 0) is 6.54 Å². The lowest BCUT2D eigenvalue weighted by Gasteiger charge is -2.10. The van der Waals surface area contributed by atoms with E-state index in [4.69, 9.17) is 21.4 Å². The van der Waals surface area contributed by atoms with Crippen molar-refractivity contribution < 1.29 is 9.84 Å². The van der Waals surface area contributed by atoms with Crippen LogP contribution in [0.15, 0.2) is 18.2 Å². The maximum absolute atomic E-state index is 9.08. The van der Waals surface area contributed by atoms with Crippen molar-refractivity contribution in [2.24, 2.45) is 0 Å². The van der Waals surface area contributed by atoms with Gasteiger partial charge in [0, 0.05) is 26.2 Å². The summed E-state index contributed by atoms with van der Waals surface area (Å²) < 4.78 is 5.39. The van der Waals surface area contributed by atoms with E-state index in [2.05, 4.69) is 10.6 Å². The number of hydrogen-bond acceptors (Lipinski definition) is 4. The Balaban J connectivity index is 2.24. The molecule has 5 heteroatoms. The quantitative estimate of drug-likeness (QED) is 0.606. The zero-order valence-electron chi connectivity index (χ0n) is 11.6. The van der Waals surface area contributed by atoms with Crippen molar-refractivity contribution in [3.05, 3.63) is 28.8 Å². The number of halogens is 1. The van der Waals surface area contributed by atoms with Gasteiger partial charge in [-0.15, -0.1) is 0 Å². The molecular weight excluding hydrogens is 264 g/mol. The van der Waals surface area contributed by atoms with Crippen LogP contribution in [0.5, 0.6) is 5.75 Å². The first kappa shape index (κ1) is 16.2. The highest BCUT2D eigenvalue weighted by atomic mass is 35.5. The third-order valence-electron chi connectivity index (χ3n) is 2.54. The molecule has 0 saturated heterocycles. The molecule has 0 bridgehead atoms. The summed E-state index contributed by atoms with van der Waals surface area (Å²) in [6.45, 7) is 7.38. The minimum Gasteiger partial charge on any atom is -0.492 e. The molecule has 4 nitrogen and oxygen atoms in total. The molecule has 0 aliphatic heterocycles. The second-order valence-electron chi connectivity index (χ2n) is 4.43. The number of ether oxygens (including phenoxy) is 1. The van der Waals surface area contributed by atoms with Crippen LogP contribution in [0.25, 0.3) is 0 Å². The Kier molecular flexibility index (Phi) is 7.82. The van der Waals surface area contributed by atoms with Crippen molar-refractivity contribution >= 4 is 11.6 Å². The van der Waals surface area contributed by atoms with Gasteiger partial charge in [0.15, 0.2) is 0 Å². The maximum Gasteiger partial charge on any atom is 0.137 e. The second kappa shape index (κ2) is 9.15.